The molecule has 1 heterocycles. The van der Waals surface area contributed by atoms with E-state index in [4.69, 9.17) is 14.2 Å². The molecule has 7 heteroatoms. The number of rotatable bonds is 3. The molecule has 0 aromatic carbocycles. The standard InChI is InChI=1S/C21H26O7/c1-6-12(3)19(23)28-18-16-13(4)20(24)27-15(16)10-11(2)8-7-9-14(17(18)22)21(25)26-5/h6,9-10,15-18,22H,4,7-8H2,1-3,5H3/b11-10+,12-6-,14-9+/t15-,16-,17-,18-/m1/s1. The number of ether oxygens (including phenoxy) is 3. The second-order valence-electron chi connectivity index (χ2n) is 6.91. The van der Waals surface area contributed by atoms with Gasteiger partial charge in [0.15, 0.2) is 0 Å². The number of hydrogen-bond donors (Lipinski definition) is 1. The van der Waals surface area contributed by atoms with Gasteiger partial charge in [-0.05, 0) is 39.7 Å². The van der Waals surface area contributed by atoms with Crippen LogP contribution in [0.5, 0.6) is 0 Å². The molecule has 152 valence electrons. The molecule has 0 amide bonds. The molecule has 0 aromatic rings. The zero-order valence-electron chi connectivity index (χ0n) is 16.6. The minimum absolute atomic E-state index is 0.0287. The summed E-state index contributed by atoms with van der Waals surface area (Å²) < 4.78 is 15.7. The van der Waals surface area contributed by atoms with E-state index in [2.05, 4.69) is 6.58 Å². The lowest BCUT2D eigenvalue weighted by Gasteiger charge is -2.31. The number of methoxy groups -OCH3 is 1. The fourth-order valence-electron chi connectivity index (χ4n) is 3.24. The molecule has 7 nitrogen and oxygen atoms in total. The van der Waals surface area contributed by atoms with Crippen LogP contribution in [0.1, 0.15) is 33.6 Å². The van der Waals surface area contributed by atoms with Crippen molar-refractivity contribution in [2.75, 3.05) is 7.11 Å². The summed E-state index contributed by atoms with van der Waals surface area (Å²) in [5, 5.41) is 11.0. The zero-order valence-corrected chi connectivity index (χ0v) is 16.6. The molecular weight excluding hydrogens is 364 g/mol. The molecule has 2 aliphatic rings. The van der Waals surface area contributed by atoms with Crippen molar-refractivity contribution in [1.82, 2.24) is 0 Å². The highest BCUT2D eigenvalue weighted by atomic mass is 16.6. The number of aliphatic hydroxyl groups is 1. The van der Waals surface area contributed by atoms with Gasteiger partial charge in [0.05, 0.1) is 18.6 Å². The Kier molecular flexibility index (Phi) is 6.96. The maximum absolute atomic E-state index is 12.4. The quantitative estimate of drug-likeness (QED) is 0.341. The van der Waals surface area contributed by atoms with Crippen molar-refractivity contribution in [1.29, 1.82) is 0 Å². The molecule has 0 aromatic heterocycles. The predicted octanol–water partition coefficient (Wildman–Crippen LogP) is 2.16. The Hall–Kier alpha value is -2.67. The molecule has 0 unspecified atom stereocenters. The van der Waals surface area contributed by atoms with Crippen molar-refractivity contribution >= 4 is 17.9 Å². The summed E-state index contributed by atoms with van der Waals surface area (Å²) in [7, 11) is 1.20. The van der Waals surface area contributed by atoms with Crippen molar-refractivity contribution in [3.05, 3.63) is 47.1 Å². The lowest BCUT2D eigenvalue weighted by molar-refractivity contribution is -0.155. The molecule has 4 atom stereocenters. The minimum atomic E-state index is -1.51. The summed E-state index contributed by atoms with van der Waals surface area (Å²) in [5.41, 5.74) is 1.31. The molecule has 1 saturated heterocycles. The van der Waals surface area contributed by atoms with Crippen LogP contribution in [-0.2, 0) is 28.6 Å². The van der Waals surface area contributed by atoms with Crippen molar-refractivity contribution in [2.24, 2.45) is 5.92 Å². The summed E-state index contributed by atoms with van der Waals surface area (Å²) in [6.07, 6.45) is 2.46. The molecule has 28 heavy (non-hydrogen) atoms. The summed E-state index contributed by atoms with van der Waals surface area (Å²) in [6, 6.07) is 0. The van der Waals surface area contributed by atoms with Crippen molar-refractivity contribution in [3.63, 3.8) is 0 Å². The summed E-state index contributed by atoms with van der Waals surface area (Å²) in [6.45, 7) is 8.88. The Balaban J connectivity index is 2.57. The highest BCUT2D eigenvalue weighted by molar-refractivity contribution is 5.93. The number of carbonyl (C=O) groups is 3. The molecule has 2 rings (SSSR count). The molecule has 0 radical (unpaired) electrons. The third-order valence-electron chi connectivity index (χ3n) is 5.02. The fraction of sp³-hybridized carbons (Fsp3) is 0.476. The number of esters is 3. The topological polar surface area (TPSA) is 99.1 Å². The SMILES string of the molecule is C=C1C(=O)O[C@@H]2/C=C(\C)CC/C=C(/C(=O)OC)[C@@H](O)[C@H](OC(=O)/C(C)=C\C)[C@H]12. The lowest BCUT2D eigenvalue weighted by Crippen LogP contribution is -2.44. The Morgan fingerprint density at radius 2 is 2.07 bits per heavy atom. The third-order valence-corrected chi connectivity index (χ3v) is 5.02. The Labute approximate surface area is 164 Å². The zero-order chi connectivity index (χ0) is 21.0. The molecule has 1 aliphatic heterocycles. The van der Waals surface area contributed by atoms with Gasteiger partial charge in [-0.2, -0.15) is 0 Å². The van der Waals surface area contributed by atoms with Crippen LogP contribution in [0.15, 0.2) is 47.1 Å². The molecule has 1 aliphatic carbocycles. The van der Waals surface area contributed by atoms with E-state index in [0.29, 0.717) is 18.4 Å². The molecule has 1 fully saturated rings. The highest BCUT2D eigenvalue weighted by Gasteiger charge is 2.48. The predicted molar refractivity (Wildman–Crippen MR) is 101 cm³/mol. The van der Waals surface area contributed by atoms with Gasteiger partial charge in [-0.1, -0.05) is 24.3 Å². The maximum atomic E-state index is 12.4. The fourth-order valence-corrected chi connectivity index (χ4v) is 3.24. The number of aliphatic hydroxyl groups excluding tert-OH is 1. The number of carbonyl (C=O) groups excluding carboxylic acids is 3. The lowest BCUT2D eigenvalue weighted by atomic mass is 9.83. The molecular formula is C21H26O7. The van der Waals surface area contributed by atoms with Crippen LogP contribution < -0.4 is 0 Å². The van der Waals surface area contributed by atoms with E-state index in [0.717, 1.165) is 5.57 Å². The highest BCUT2D eigenvalue weighted by Crippen LogP contribution is 2.37. The van der Waals surface area contributed by atoms with E-state index in [-0.39, 0.29) is 11.1 Å². The maximum Gasteiger partial charge on any atom is 0.336 e. The van der Waals surface area contributed by atoms with Crippen molar-refractivity contribution in [3.8, 4) is 0 Å². The van der Waals surface area contributed by atoms with E-state index in [9.17, 15) is 19.5 Å². The largest absolute Gasteiger partial charge is 0.466 e. The van der Waals surface area contributed by atoms with Crippen LogP contribution in [-0.4, -0.2) is 48.4 Å². The van der Waals surface area contributed by atoms with Crippen LogP contribution in [0.4, 0.5) is 0 Å². The molecule has 0 bridgehead atoms. The van der Waals surface area contributed by atoms with Gasteiger partial charge in [0.25, 0.3) is 0 Å². The van der Waals surface area contributed by atoms with Gasteiger partial charge in [0.1, 0.15) is 18.3 Å². The first-order chi connectivity index (χ1) is 13.2. The normalized spacial score (nSPS) is 32.2. The first-order valence-electron chi connectivity index (χ1n) is 9.08. The Morgan fingerprint density at radius 3 is 2.68 bits per heavy atom. The Bertz CT molecular complexity index is 772. The second kappa shape index (κ2) is 9.01. The van der Waals surface area contributed by atoms with Gasteiger partial charge in [-0.3, -0.25) is 0 Å². The van der Waals surface area contributed by atoms with Gasteiger partial charge < -0.3 is 19.3 Å². The summed E-state index contributed by atoms with van der Waals surface area (Å²) in [5.74, 6) is -2.86. The van der Waals surface area contributed by atoms with E-state index >= 15 is 0 Å². The van der Waals surface area contributed by atoms with E-state index < -0.39 is 42.1 Å². The van der Waals surface area contributed by atoms with Gasteiger partial charge >= 0.3 is 17.9 Å². The van der Waals surface area contributed by atoms with Crippen molar-refractivity contribution in [2.45, 2.75) is 51.9 Å². The van der Waals surface area contributed by atoms with Gasteiger partial charge in [0.2, 0.25) is 0 Å². The second-order valence-corrected chi connectivity index (χ2v) is 6.91. The average molecular weight is 390 g/mol. The first kappa shape index (κ1) is 21.6. The van der Waals surface area contributed by atoms with Gasteiger partial charge in [0, 0.05) is 11.1 Å². The van der Waals surface area contributed by atoms with E-state index in [1.165, 1.54) is 7.11 Å². The summed E-state index contributed by atoms with van der Waals surface area (Å²) >= 11 is 0. The van der Waals surface area contributed by atoms with E-state index in [1.54, 1.807) is 32.1 Å². The molecule has 1 N–H and O–H groups in total. The van der Waals surface area contributed by atoms with E-state index in [1.807, 2.05) is 6.92 Å². The van der Waals surface area contributed by atoms with Gasteiger partial charge in [-0.25, -0.2) is 14.4 Å². The van der Waals surface area contributed by atoms with Crippen LogP contribution in [0.3, 0.4) is 0 Å². The smallest absolute Gasteiger partial charge is 0.336 e. The van der Waals surface area contributed by atoms with Crippen molar-refractivity contribution < 1.29 is 33.7 Å². The minimum Gasteiger partial charge on any atom is -0.466 e. The van der Waals surface area contributed by atoms with Gasteiger partial charge in [-0.15, -0.1) is 0 Å². The monoisotopic (exact) mass is 390 g/mol. The number of hydrogen-bond acceptors (Lipinski definition) is 7. The first-order valence-corrected chi connectivity index (χ1v) is 9.08. The van der Waals surface area contributed by atoms with Crippen LogP contribution in [0.25, 0.3) is 0 Å². The van der Waals surface area contributed by atoms with Crippen LogP contribution in [0.2, 0.25) is 0 Å². The molecule has 0 spiro atoms. The van der Waals surface area contributed by atoms with Crippen LogP contribution in [0, 0.1) is 5.92 Å². The summed E-state index contributed by atoms with van der Waals surface area (Å²) in [4.78, 5) is 36.8. The van der Waals surface area contributed by atoms with Crippen LogP contribution >= 0.6 is 0 Å². The number of allylic oxidation sites excluding steroid dienone is 3. The third kappa shape index (κ3) is 4.42. The Morgan fingerprint density at radius 1 is 1.39 bits per heavy atom. The molecule has 0 saturated carbocycles. The average Bonchev–Trinajstić information content (AvgIpc) is 2.94. The number of fused-ring (bicyclic) bond motifs is 1.